The molecule has 1 N–H and O–H groups in total. The Morgan fingerprint density at radius 1 is 1.26 bits per heavy atom. The summed E-state index contributed by atoms with van der Waals surface area (Å²) in [5, 5.41) is 9.02. The van der Waals surface area contributed by atoms with Crippen molar-refractivity contribution in [1.29, 1.82) is 0 Å². The summed E-state index contributed by atoms with van der Waals surface area (Å²) in [5.41, 5.74) is 4.87. The summed E-state index contributed by atoms with van der Waals surface area (Å²) in [4.78, 5) is 11.0. The Balaban J connectivity index is 2.33. The Bertz CT molecular complexity index is 498. The quantitative estimate of drug-likeness (QED) is 0.826. The molecule has 0 fully saturated rings. The van der Waals surface area contributed by atoms with Crippen molar-refractivity contribution < 1.29 is 9.90 Å². The van der Waals surface area contributed by atoms with Crippen LogP contribution in [-0.2, 0) is 17.6 Å². The highest BCUT2D eigenvalue weighted by atomic mass is 16.4. The summed E-state index contributed by atoms with van der Waals surface area (Å²) < 4.78 is 0. The molecule has 102 valence electrons. The van der Waals surface area contributed by atoms with Crippen molar-refractivity contribution >= 4 is 11.5 Å². The molecule has 0 heterocycles. The van der Waals surface area contributed by atoms with E-state index in [4.69, 9.17) is 5.11 Å². The van der Waals surface area contributed by atoms with E-state index in [2.05, 4.69) is 32.0 Å². The highest BCUT2D eigenvalue weighted by Crippen LogP contribution is 2.28. The van der Waals surface area contributed by atoms with E-state index in [0.29, 0.717) is 5.92 Å². The number of benzene rings is 1. The first-order valence-electron chi connectivity index (χ1n) is 7.12. The molecule has 0 aromatic heterocycles. The summed E-state index contributed by atoms with van der Waals surface area (Å²) in [5.74, 6) is -0.394. The smallest absolute Gasteiger partial charge is 0.328 e. The Morgan fingerprint density at radius 2 is 1.95 bits per heavy atom. The van der Waals surface area contributed by atoms with E-state index >= 15 is 0 Å². The van der Waals surface area contributed by atoms with Crippen LogP contribution in [-0.4, -0.2) is 11.1 Å². The molecular formula is C17H22O2. The first kappa shape index (κ1) is 13.9. The van der Waals surface area contributed by atoms with Gasteiger partial charge in [-0.15, -0.1) is 0 Å². The normalized spacial score (nSPS) is 15.4. The lowest BCUT2D eigenvalue weighted by Crippen LogP contribution is -2.04. The van der Waals surface area contributed by atoms with Gasteiger partial charge in [0.25, 0.3) is 0 Å². The second-order valence-corrected chi connectivity index (χ2v) is 5.80. The average molecular weight is 258 g/mol. The van der Waals surface area contributed by atoms with Crippen molar-refractivity contribution in [2.75, 3.05) is 0 Å². The van der Waals surface area contributed by atoms with Gasteiger partial charge in [-0.2, -0.15) is 0 Å². The number of rotatable bonds is 4. The molecule has 0 amide bonds. The SMILES string of the molecule is CC(C)C/C(=C\C(=O)O)c1ccc2c(c1)CCCC2. The molecule has 1 aromatic rings. The Kier molecular flexibility index (Phi) is 4.41. The lowest BCUT2D eigenvalue weighted by molar-refractivity contribution is -0.131. The van der Waals surface area contributed by atoms with Crippen molar-refractivity contribution in [3.05, 3.63) is 41.0 Å². The summed E-state index contributed by atoms with van der Waals surface area (Å²) in [7, 11) is 0. The third-order valence-electron chi connectivity index (χ3n) is 3.65. The predicted molar refractivity (Wildman–Crippen MR) is 78.2 cm³/mol. The number of aryl methyl sites for hydroxylation is 2. The Hall–Kier alpha value is -1.57. The van der Waals surface area contributed by atoms with E-state index in [-0.39, 0.29) is 0 Å². The van der Waals surface area contributed by atoms with Crippen molar-refractivity contribution in [2.24, 2.45) is 5.92 Å². The highest BCUT2D eigenvalue weighted by Gasteiger charge is 2.12. The van der Waals surface area contributed by atoms with Gasteiger partial charge in [0.1, 0.15) is 0 Å². The average Bonchev–Trinajstić information content (AvgIpc) is 2.36. The number of hydrogen-bond donors (Lipinski definition) is 1. The predicted octanol–water partition coefficient (Wildman–Crippen LogP) is 4.08. The largest absolute Gasteiger partial charge is 0.478 e. The number of carbonyl (C=O) groups is 1. The van der Waals surface area contributed by atoms with Gasteiger partial charge in [0.15, 0.2) is 0 Å². The van der Waals surface area contributed by atoms with Crippen LogP contribution in [0.4, 0.5) is 0 Å². The highest BCUT2D eigenvalue weighted by molar-refractivity contribution is 5.90. The molecular weight excluding hydrogens is 236 g/mol. The fraction of sp³-hybridized carbons (Fsp3) is 0.471. The molecule has 0 spiro atoms. The molecule has 0 saturated carbocycles. The van der Waals surface area contributed by atoms with Gasteiger partial charge in [0.2, 0.25) is 0 Å². The van der Waals surface area contributed by atoms with Gasteiger partial charge < -0.3 is 5.11 Å². The second kappa shape index (κ2) is 6.05. The fourth-order valence-electron chi connectivity index (χ4n) is 2.78. The minimum absolute atomic E-state index is 0.460. The molecule has 1 aliphatic carbocycles. The van der Waals surface area contributed by atoms with Crippen molar-refractivity contribution in [1.82, 2.24) is 0 Å². The number of fused-ring (bicyclic) bond motifs is 1. The number of hydrogen-bond acceptors (Lipinski definition) is 1. The zero-order valence-corrected chi connectivity index (χ0v) is 11.8. The standard InChI is InChI=1S/C17H22O2/c1-12(2)9-16(11-17(18)19)15-8-7-13-5-3-4-6-14(13)10-15/h7-8,10-12H,3-6,9H2,1-2H3,(H,18,19)/b16-11+. The summed E-state index contributed by atoms with van der Waals surface area (Å²) in [6, 6.07) is 6.47. The number of carboxylic acids is 1. The monoisotopic (exact) mass is 258 g/mol. The van der Waals surface area contributed by atoms with Crippen molar-refractivity contribution in [3.63, 3.8) is 0 Å². The molecule has 2 rings (SSSR count). The van der Waals surface area contributed by atoms with E-state index < -0.39 is 5.97 Å². The van der Waals surface area contributed by atoms with Gasteiger partial charge in [0, 0.05) is 6.08 Å². The summed E-state index contributed by atoms with van der Waals surface area (Å²) >= 11 is 0. The molecule has 2 heteroatoms. The lowest BCUT2D eigenvalue weighted by atomic mass is 9.87. The molecule has 19 heavy (non-hydrogen) atoms. The molecule has 0 saturated heterocycles. The molecule has 0 aliphatic heterocycles. The number of aliphatic carboxylic acids is 1. The van der Waals surface area contributed by atoms with Crippen LogP contribution >= 0.6 is 0 Å². The van der Waals surface area contributed by atoms with Crippen molar-refractivity contribution in [3.8, 4) is 0 Å². The maximum Gasteiger partial charge on any atom is 0.328 e. The van der Waals surface area contributed by atoms with Gasteiger partial charge >= 0.3 is 5.97 Å². The molecule has 0 bridgehead atoms. The van der Waals surface area contributed by atoms with E-state index in [0.717, 1.165) is 30.4 Å². The third-order valence-corrected chi connectivity index (χ3v) is 3.65. The topological polar surface area (TPSA) is 37.3 Å². The van der Waals surface area contributed by atoms with E-state index in [9.17, 15) is 4.79 Å². The Labute approximate surface area is 115 Å². The van der Waals surface area contributed by atoms with Crippen LogP contribution in [0.5, 0.6) is 0 Å². The van der Waals surface area contributed by atoms with Crippen LogP contribution in [0.25, 0.3) is 5.57 Å². The summed E-state index contributed by atoms with van der Waals surface area (Å²) in [6.07, 6.45) is 6.99. The third kappa shape index (κ3) is 3.69. The molecule has 0 unspecified atom stereocenters. The lowest BCUT2D eigenvalue weighted by Gasteiger charge is -2.18. The van der Waals surface area contributed by atoms with Crippen LogP contribution in [0, 0.1) is 5.92 Å². The molecule has 1 aliphatic rings. The zero-order chi connectivity index (χ0) is 13.8. The maximum atomic E-state index is 11.0. The molecule has 0 atom stereocenters. The minimum atomic E-state index is -0.853. The first-order chi connectivity index (χ1) is 9.06. The van der Waals surface area contributed by atoms with Gasteiger partial charge in [-0.1, -0.05) is 32.0 Å². The summed E-state index contributed by atoms with van der Waals surface area (Å²) in [6.45, 7) is 4.24. The van der Waals surface area contributed by atoms with E-state index in [1.165, 1.54) is 30.0 Å². The van der Waals surface area contributed by atoms with Crippen LogP contribution in [0.1, 0.15) is 49.8 Å². The molecule has 2 nitrogen and oxygen atoms in total. The number of carboxylic acid groups (broad SMARTS) is 1. The van der Waals surface area contributed by atoms with Crippen LogP contribution in [0.2, 0.25) is 0 Å². The van der Waals surface area contributed by atoms with E-state index in [1.54, 1.807) is 0 Å². The van der Waals surface area contributed by atoms with Gasteiger partial charge in [-0.3, -0.25) is 0 Å². The van der Waals surface area contributed by atoms with Crippen LogP contribution in [0.3, 0.4) is 0 Å². The first-order valence-corrected chi connectivity index (χ1v) is 7.12. The van der Waals surface area contributed by atoms with Gasteiger partial charge in [-0.05, 0) is 60.3 Å². The van der Waals surface area contributed by atoms with Crippen LogP contribution in [0.15, 0.2) is 24.3 Å². The van der Waals surface area contributed by atoms with Crippen molar-refractivity contribution in [2.45, 2.75) is 46.0 Å². The number of allylic oxidation sites excluding steroid dienone is 1. The van der Waals surface area contributed by atoms with E-state index in [1.807, 2.05) is 0 Å². The zero-order valence-electron chi connectivity index (χ0n) is 11.8. The van der Waals surface area contributed by atoms with Gasteiger partial charge in [-0.25, -0.2) is 4.79 Å². The molecule has 1 aromatic carbocycles. The fourth-order valence-corrected chi connectivity index (χ4v) is 2.78. The van der Waals surface area contributed by atoms with Crippen LogP contribution < -0.4 is 0 Å². The minimum Gasteiger partial charge on any atom is -0.478 e. The maximum absolute atomic E-state index is 11.0. The Morgan fingerprint density at radius 3 is 2.58 bits per heavy atom. The second-order valence-electron chi connectivity index (χ2n) is 5.80. The van der Waals surface area contributed by atoms with Gasteiger partial charge in [0.05, 0.1) is 0 Å². The molecule has 0 radical (unpaired) electrons.